The lowest BCUT2D eigenvalue weighted by molar-refractivity contribution is 0.0692. The molecule has 1 aromatic carbocycles. The Bertz CT molecular complexity index is 443. The molecule has 1 saturated heterocycles. The lowest BCUT2D eigenvalue weighted by Crippen LogP contribution is -2.48. The summed E-state index contributed by atoms with van der Waals surface area (Å²) in [4.78, 5) is 14.1. The zero-order chi connectivity index (χ0) is 13.3. The van der Waals surface area contributed by atoms with E-state index in [-0.39, 0.29) is 29.0 Å². The van der Waals surface area contributed by atoms with Gasteiger partial charge < -0.3 is 15.1 Å². The molecule has 1 fully saturated rings. The first kappa shape index (κ1) is 13.1. The van der Waals surface area contributed by atoms with E-state index in [1.807, 2.05) is 18.7 Å². The van der Waals surface area contributed by atoms with Crippen LogP contribution in [0.1, 0.15) is 24.2 Å². The fourth-order valence-electron chi connectivity index (χ4n) is 2.11. The number of hydrogen-bond acceptors (Lipinski definition) is 4. The number of thioether (sulfide) groups is 1. The molecule has 0 aliphatic carbocycles. The molecular formula is C13H17NO3S. The first-order valence-corrected chi connectivity index (χ1v) is 7.00. The number of nitrogens with zero attached hydrogens (tertiary/aromatic N) is 1. The number of aromatic hydroxyl groups is 2. The summed E-state index contributed by atoms with van der Waals surface area (Å²) in [5, 5.41) is 19.8. The third-order valence-corrected chi connectivity index (χ3v) is 4.72. The van der Waals surface area contributed by atoms with Crippen molar-refractivity contribution in [3.63, 3.8) is 0 Å². The molecule has 1 aromatic rings. The van der Waals surface area contributed by atoms with E-state index < -0.39 is 0 Å². The maximum Gasteiger partial charge on any atom is 0.261 e. The summed E-state index contributed by atoms with van der Waals surface area (Å²) in [6, 6.07) is 4.44. The largest absolute Gasteiger partial charge is 0.507 e. The smallest absolute Gasteiger partial charge is 0.261 e. The van der Waals surface area contributed by atoms with Gasteiger partial charge in [-0.3, -0.25) is 4.79 Å². The molecule has 1 heterocycles. The van der Waals surface area contributed by atoms with E-state index >= 15 is 0 Å². The van der Waals surface area contributed by atoms with E-state index in [1.165, 1.54) is 18.2 Å². The van der Waals surface area contributed by atoms with Crippen LogP contribution in [0, 0.1) is 0 Å². The number of rotatable bonds is 1. The number of benzene rings is 1. The zero-order valence-corrected chi connectivity index (χ0v) is 11.3. The molecule has 1 amide bonds. The highest BCUT2D eigenvalue weighted by Gasteiger charge is 2.31. The van der Waals surface area contributed by atoms with Crippen molar-refractivity contribution in [2.24, 2.45) is 0 Å². The molecule has 5 heteroatoms. The van der Waals surface area contributed by atoms with Crippen molar-refractivity contribution in [3.8, 4) is 11.5 Å². The van der Waals surface area contributed by atoms with Crippen molar-refractivity contribution in [2.75, 3.05) is 12.3 Å². The van der Waals surface area contributed by atoms with Gasteiger partial charge in [-0.2, -0.15) is 11.8 Å². The van der Waals surface area contributed by atoms with Crippen LogP contribution in [0.2, 0.25) is 0 Å². The number of amides is 1. The van der Waals surface area contributed by atoms with Crippen LogP contribution in [0.15, 0.2) is 18.2 Å². The van der Waals surface area contributed by atoms with Gasteiger partial charge in [-0.1, -0.05) is 13.0 Å². The summed E-state index contributed by atoms with van der Waals surface area (Å²) in [6.45, 7) is 4.72. The van der Waals surface area contributed by atoms with Crippen molar-refractivity contribution in [1.82, 2.24) is 4.90 Å². The SMILES string of the molecule is CC1SCCN(C(=O)c2c(O)cccc2O)C1C. The average Bonchev–Trinajstić information content (AvgIpc) is 2.32. The van der Waals surface area contributed by atoms with E-state index in [1.54, 1.807) is 4.90 Å². The number of carbonyl (C=O) groups excluding carboxylic acids is 1. The number of carbonyl (C=O) groups is 1. The first-order valence-electron chi connectivity index (χ1n) is 5.96. The fourth-order valence-corrected chi connectivity index (χ4v) is 3.21. The van der Waals surface area contributed by atoms with Gasteiger partial charge >= 0.3 is 0 Å². The normalized spacial score (nSPS) is 24.0. The Hall–Kier alpha value is -1.36. The lowest BCUT2D eigenvalue weighted by atomic mass is 10.1. The van der Waals surface area contributed by atoms with Gasteiger partial charge in [0.05, 0.1) is 0 Å². The third kappa shape index (κ3) is 2.27. The molecule has 0 radical (unpaired) electrons. The monoisotopic (exact) mass is 267 g/mol. The first-order chi connectivity index (χ1) is 8.52. The van der Waals surface area contributed by atoms with Crippen molar-refractivity contribution < 1.29 is 15.0 Å². The Morgan fingerprint density at radius 1 is 1.33 bits per heavy atom. The maximum atomic E-state index is 12.4. The summed E-state index contributed by atoms with van der Waals surface area (Å²) >= 11 is 1.83. The predicted octanol–water partition coefficient (Wildman–Crippen LogP) is 2.06. The molecule has 2 N–H and O–H groups in total. The second kappa shape index (κ2) is 5.10. The summed E-state index contributed by atoms with van der Waals surface area (Å²) in [7, 11) is 0. The fraction of sp³-hybridized carbons (Fsp3) is 0.462. The van der Waals surface area contributed by atoms with E-state index in [0.717, 1.165) is 5.75 Å². The van der Waals surface area contributed by atoms with E-state index in [2.05, 4.69) is 6.92 Å². The molecule has 0 aromatic heterocycles. The van der Waals surface area contributed by atoms with Crippen molar-refractivity contribution in [1.29, 1.82) is 0 Å². The Labute approximate surface area is 111 Å². The van der Waals surface area contributed by atoms with E-state index in [4.69, 9.17) is 0 Å². The minimum atomic E-state index is -0.301. The minimum absolute atomic E-state index is 0.00319. The molecule has 18 heavy (non-hydrogen) atoms. The molecule has 2 unspecified atom stereocenters. The highest BCUT2D eigenvalue weighted by Crippen LogP contribution is 2.31. The van der Waals surface area contributed by atoms with Crippen LogP contribution in [0.3, 0.4) is 0 Å². The lowest BCUT2D eigenvalue weighted by Gasteiger charge is -2.37. The van der Waals surface area contributed by atoms with Gasteiger partial charge in [0.2, 0.25) is 0 Å². The van der Waals surface area contributed by atoms with E-state index in [0.29, 0.717) is 11.8 Å². The highest BCUT2D eigenvalue weighted by molar-refractivity contribution is 8.00. The summed E-state index contributed by atoms with van der Waals surface area (Å²) in [6.07, 6.45) is 0. The van der Waals surface area contributed by atoms with E-state index in [9.17, 15) is 15.0 Å². The molecular weight excluding hydrogens is 250 g/mol. The molecule has 98 valence electrons. The van der Waals surface area contributed by atoms with Crippen LogP contribution >= 0.6 is 11.8 Å². The molecule has 0 spiro atoms. The molecule has 1 aliphatic heterocycles. The Morgan fingerprint density at radius 3 is 2.56 bits per heavy atom. The number of hydrogen-bond donors (Lipinski definition) is 2. The van der Waals surface area contributed by atoms with Gasteiger partial charge in [0.1, 0.15) is 17.1 Å². The average molecular weight is 267 g/mol. The highest BCUT2D eigenvalue weighted by atomic mass is 32.2. The molecule has 2 rings (SSSR count). The quantitative estimate of drug-likeness (QED) is 0.817. The van der Waals surface area contributed by atoms with Crippen molar-refractivity contribution in [3.05, 3.63) is 23.8 Å². The summed E-state index contributed by atoms with van der Waals surface area (Å²) in [5.74, 6) is 0.243. The van der Waals surface area contributed by atoms with Crippen molar-refractivity contribution >= 4 is 17.7 Å². The Kier molecular flexibility index (Phi) is 3.71. The van der Waals surface area contributed by atoms with Gasteiger partial charge in [0, 0.05) is 23.6 Å². The van der Waals surface area contributed by atoms with Crippen LogP contribution in [0.25, 0.3) is 0 Å². The molecule has 0 saturated carbocycles. The Balaban J connectivity index is 2.31. The minimum Gasteiger partial charge on any atom is -0.507 e. The predicted molar refractivity (Wildman–Crippen MR) is 72.2 cm³/mol. The second-order valence-corrected chi connectivity index (χ2v) is 5.97. The summed E-state index contributed by atoms with van der Waals surface area (Å²) < 4.78 is 0. The van der Waals surface area contributed by atoms with Crippen LogP contribution in [-0.4, -0.2) is 44.6 Å². The third-order valence-electron chi connectivity index (χ3n) is 3.38. The summed E-state index contributed by atoms with van der Waals surface area (Å²) in [5.41, 5.74) is 0.00319. The topological polar surface area (TPSA) is 60.8 Å². The molecule has 0 bridgehead atoms. The zero-order valence-electron chi connectivity index (χ0n) is 10.5. The van der Waals surface area contributed by atoms with Crippen LogP contribution in [-0.2, 0) is 0 Å². The van der Waals surface area contributed by atoms with Gasteiger partial charge in [0.15, 0.2) is 0 Å². The van der Waals surface area contributed by atoms with Crippen molar-refractivity contribution in [2.45, 2.75) is 25.1 Å². The standard InChI is InChI=1S/C13H17NO3S/c1-8-9(2)18-7-6-14(8)13(17)12-10(15)4-3-5-11(12)16/h3-5,8-9,15-16H,6-7H2,1-2H3. The molecule has 4 nitrogen and oxygen atoms in total. The van der Waals surface area contributed by atoms with Crippen LogP contribution in [0.5, 0.6) is 11.5 Å². The van der Waals surface area contributed by atoms with Crippen LogP contribution < -0.4 is 0 Å². The van der Waals surface area contributed by atoms with Gasteiger partial charge in [-0.05, 0) is 19.1 Å². The van der Waals surface area contributed by atoms with Gasteiger partial charge in [0.25, 0.3) is 5.91 Å². The molecule has 2 atom stereocenters. The maximum absolute atomic E-state index is 12.4. The Morgan fingerprint density at radius 2 is 1.94 bits per heavy atom. The number of phenolic OH excluding ortho intramolecular Hbond substituents is 2. The van der Waals surface area contributed by atoms with Gasteiger partial charge in [-0.15, -0.1) is 0 Å². The van der Waals surface area contributed by atoms with Crippen LogP contribution in [0.4, 0.5) is 0 Å². The molecule has 1 aliphatic rings. The second-order valence-electron chi connectivity index (χ2n) is 4.49. The van der Waals surface area contributed by atoms with Gasteiger partial charge in [-0.25, -0.2) is 0 Å². The number of phenols is 2.